The lowest BCUT2D eigenvalue weighted by Gasteiger charge is -2.22. The quantitative estimate of drug-likeness (QED) is 0.361. The highest BCUT2D eigenvalue weighted by Crippen LogP contribution is 2.23. The minimum Gasteiger partial charge on any atom is -0.349 e. The van der Waals surface area contributed by atoms with Gasteiger partial charge in [0, 0.05) is 28.4 Å². The van der Waals surface area contributed by atoms with Crippen LogP contribution in [0.1, 0.15) is 52.8 Å². The van der Waals surface area contributed by atoms with E-state index in [9.17, 15) is 14.0 Å². The normalized spacial score (nSPS) is 14.1. The van der Waals surface area contributed by atoms with Crippen LogP contribution in [0.4, 0.5) is 10.1 Å². The molecule has 2 amide bonds. The molecule has 0 radical (unpaired) electrons. The molecule has 1 fully saturated rings. The first-order valence-electron chi connectivity index (χ1n) is 11.5. The second-order valence-electron chi connectivity index (χ2n) is 8.66. The molecule has 6 nitrogen and oxygen atoms in total. The van der Waals surface area contributed by atoms with Gasteiger partial charge in [-0.25, -0.2) is 9.37 Å². The van der Waals surface area contributed by atoms with Gasteiger partial charge in [-0.2, -0.15) is 0 Å². The number of carbonyl (C=O) groups excluding carboxylic acids is 2. The molecule has 4 aromatic rings. The molecule has 0 bridgehead atoms. The predicted octanol–water partition coefficient (Wildman–Crippen LogP) is 5.68. The van der Waals surface area contributed by atoms with E-state index in [1.807, 2.05) is 24.3 Å². The van der Waals surface area contributed by atoms with Crippen molar-refractivity contribution in [3.05, 3.63) is 83.7 Å². The van der Waals surface area contributed by atoms with Crippen LogP contribution in [-0.2, 0) is 0 Å². The zero-order valence-electron chi connectivity index (χ0n) is 18.6. The Balaban J connectivity index is 1.29. The number of imidazole rings is 1. The number of nitrogens with one attached hydrogen (secondary N) is 3. The number of aromatic amines is 1. The second kappa shape index (κ2) is 9.47. The van der Waals surface area contributed by atoms with E-state index in [2.05, 4.69) is 20.6 Å². The van der Waals surface area contributed by atoms with Crippen molar-refractivity contribution in [3.63, 3.8) is 0 Å². The molecular formula is C27H25FN4O2. The summed E-state index contributed by atoms with van der Waals surface area (Å²) in [5.41, 5.74) is 3.98. The molecule has 3 N–H and O–H groups in total. The van der Waals surface area contributed by atoms with Crippen LogP contribution in [0.3, 0.4) is 0 Å². The molecule has 172 valence electrons. The molecule has 34 heavy (non-hydrogen) atoms. The van der Waals surface area contributed by atoms with Gasteiger partial charge in [0.1, 0.15) is 11.6 Å². The summed E-state index contributed by atoms with van der Waals surface area (Å²) in [7, 11) is 0. The Morgan fingerprint density at radius 1 is 0.853 bits per heavy atom. The second-order valence-corrected chi connectivity index (χ2v) is 8.66. The van der Waals surface area contributed by atoms with E-state index >= 15 is 0 Å². The minimum absolute atomic E-state index is 0.0542. The summed E-state index contributed by atoms with van der Waals surface area (Å²) in [5.74, 6) is -0.0339. The molecule has 0 aliphatic heterocycles. The monoisotopic (exact) mass is 456 g/mol. The number of hydrogen-bond donors (Lipinski definition) is 3. The van der Waals surface area contributed by atoms with Crippen molar-refractivity contribution in [1.29, 1.82) is 0 Å². The smallest absolute Gasteiger partial charge is 0.255 e. The number of aromatic nitrogens is 2. The third-order valence-corrected chi connectivity index (χ3v) is 6.21. The van der Waals surface area contributed by atoms with Crippen LogP contribution >= 0.6 is 0 Å². The largest absolute Gasteiger partial charge is 0.349 e. The number of nitrogens with zero attached hydrogens (tertiary/aromatic N) is 1. The molecule has 0 unspecified atom stereocenters. The lowest BCUT2D eigenvalue weighted by Crippen LogP contribution is -2.36. The van der Waals surface area contributed by atoms with Crippen LogP contribution in [0.25, 0.3) is 22.4 Å². The van der Waals surface area contributed by atoms with E-state index in [4.69, 9.17) is 0 Å². The van der Waals surface area contributed by atoms with E-state index in [0.29, 0.717) is 22.6 Å². The third-order valence-electron chi connectivity index (χ3n) is 6.21. The Hall–Kier alpha value is -4.00. The number of amides is 2. The molecule has 5 rings (SSSR count). The molecule has 1 aliphatic carbocycles. The summed E-state index contributed by atoms with van der Waals surface area (Å²) >= 11 is 0. The van der Waals surface area contributed by atoms with Crippen LogP contribution in [0.15, 0.2) is 66.7 Å². The Kier molecular flexibility index (Phi) is 6.08. The fraction of sp³-hybridized carbons (Fsp3) is 0.222. The Morgan fingerprint density at radius 2 is 1.56 bits per heavy atom. The summed E-state index contributed by atoms with van der Waals surface area (Å²) in [6.45, 7) is 0. The number of halogens is 1. The van der Waals surface area contributed by atoms with Crippen molar-refractivity contribution in [2.75, 3.05) is 5.32 Å². The fourth-order valence-corrected chi connectivity index (χ4v) is 4.32. The highest BCUT2D eigenvalue weighted by molar-refractivity contribution is 6.04. The van der Waals surface area contributed by atoms with Crippen molar-refractivity contribution in [3.8, 4) is 11.4 Å². The number of rotatable bonds is 5. The van der Waals surface area contributed by atoms with Crippen molar-refractivity contribution >= 4 is 28.5 Å². The molecule has 7 heteroatoms. The molecule has 0 spiro atoms. The van der Waals surface area contributed by atoms with Crippen LogP contribution < -0.4 is 10.6 Å². The maximum Gasteiger partial charge on any atom is 0.255 e. The average molecular weight is 457 g/mol. The Morgan fingerprint density at radius 3 is 2.29 bits per heavy atom. The highest BCUT2D eigenvalue weighted by Gasteiger charge is 2.17. The van der Waals surface area contributed by atoms with Crippen molar-refractivity contribution in [1.82, 2.24) is 15.3 Å². The summed E-state index contributed by atoms with van der Waals surface area (Å²) in [6.07, 6.45) is 5.66. The Bertz CT molecular complexity index is 1320. The van der Waals surface area contributed by atoms with Gasteiger partial charge in [0.15, 0.2) is 0 Å². The standard InChI is InChI=1S/C27H25FN4O2/c28-20-11-13-22(14-12-20)30-26(33)18-8-6-17(7-9-18)25-31-23-15-10-19(16-24(23)32-25)27(34)29-21-4-2-1-3-5-21/h6-16,21H,1-5H2,(H,29,34)(H,30,33)(H,31,32). The maximum absolute atomic E-state index is 13.0. The number of anilines is 1. The molecular weight excluding hydrogens is 431 g/mol. The highest BCUT2D eigenvalue weighted by atomic mass is 19.1. The first-order valence-corrected chi connectivity index (χ1v) is 11.5. The molecule has 0 atom stereocenters. The third kappa shape index (κ3) is 4.83. The van der Waals surface area contributed by atoms with Crippen LogP contribution in [0.2, 0.25) is 0 Å². The lowest BCUT2D eigenvalue weighted by atomic mass is 9.95. The van der Waals surface area contributed by atoms with Crippen LogP contribution in [0, 0.1) is 5.82 Å². The summed E-state index contributed by atoms with van der Waals surface area (Å²) < 4.78 is 13.0. The van der Waals surface area contributed by atoms with Gasteiger partial charge in [-0.3, -0.25) is 9.59 Å². The molecule has 1 heterocycles. The zero-order valence-corrected chi connectivity index (χ0v) is 18.6. The predicted molar refractivity (Wildman–Crippen MR) is 130 cm³/mol. The number of hydrogen-bond acceptors (Lipinski definition) is 3. The molecule has 3 aromatic carbocycles. The number of fused-ring (bicyclic) bond motifs is 1. The number of carbonyl (C=O) groups is 2. The summed E-state index contributed by atoms with van der Waals surface area (Å²) in [5, 5.41) is 5.89. The van der Waals surface area contributed by atoms with Gasteiger partial charge in [-0.15, -0.1) is 0 Å². The van der Waals surface area contributed by atoms with Crippen molar-refractivity contribution in [2.45, 2.75) is 38.1 Å². The van der Waals surface area contributed by atoms with E-state index in [1.165, 1.54) is 43.5 Å². The van der Waals surface area contributed by atoms with Crippen molar-refractivity contribution in [2.24, 2.45) is 0 Å². The fourth-order valence-electron chi connectivity index (χ4n) is 4.32. The van der Waals surface area contributed by atoms with Gasteiger partial charge < -0.3 is 15.6 Å². The number of benzene rings is 3. The topological polar surface area (TPSA) is 86.9 Å². The van der Waals surface area contributed by atoms with E-state index < -0.39 is 0 Å². The summed E-state index contributed by atoms with van der Waals surface area (Å²) in [4.78, 5) is 33.0. The molecule has 1 aliphatic rings. The zero-order chi connectivity index (χ0) is 23.5. The van der Waals surface area contributed by atoms with Gasteiger partial charge >= 0.3 is 0 Å². The number of H-pyrrole nitrogens is 1. The van der Waals surface area contributed by atoms with Gasteiger partial charge in [0.05, 0.1) is 11.0 Å². The summed E-state index contributed by atoms with van der Waals surface area (Å²) in [6, 6.07) is 18.4. The minimum atomic E-state index is -0.356. The lowest BCUT2D eigenvalue weighted by molar-refractivity contribution is 0.0927. The molecule has 1 saturated carbocycles. The maximum atomic E-state index is 13.0. The van der Waals surface area contributed by atoms with Crippen LogP contribution in [-0.4, -0.2) is 27.8 Å². The van der Waals surface area contributed by atoms with Gasteiger partial charge in [0.2, 0.25) is 0 Å². The van der Waals surface area contributed by atoms with Gasteiger partial charge in [-0.05, 0) is 67.4 Å². The van der Waals surface area contributed by atoms with Gasteiger partial charge in [-0.1, -0.05) is 31.4 Å². The van der Waals surface area contributed by atoms with E-state index in [0.717, 1.165) is 29.4 Å². The Labute approximate surface area is 196 Å². The SMILES string of the molecule is O=C(Nc1ccc(F)cc1)c1ccc(-c2nc3ccc(C(=O)NC4CCCCC4)cc3[nH]2)cc1. The van der Waals surface area contributed by atoms with Gasteiger partial charge in [0.25, 0.3) is 11.8 Å². The molecule has 1 aromatic heterocycles. The van der Waals surface area contributed by atoms with Crippen molar-refractivity contribution < 1.29 is 14.0 Å². The van der Waals surface area contributed by atoms with E-state index in [-0.39, 0.29) is 23.7 Å². The first kappa shape index (κ1) is 21.8. The van der Waals surface area contributed by atoms with Crippen LogP contribution in [0.5, 0.6) is 0 Å². The average Bonchev–Trinajstić information content (AvgIpc) is 3.30. The van der Waals surface area contributed by atoms with E-state index in [1.54, 1.807) is 18.2 Å². The molecule has 0 saturated heterocycles. The first-order chi connectivity index (χ1) is 16.5.